The van der Waals surface area contributed by atoms with Crippen molar-refractivity contribution < 1.29 is 9.59 Å². The fourth-order valence-electron chi connectivity index (χ4n) is 2.99. The molecule has 0 radical (unpaired) electrons. The van der Waals surface area contributed by atoms with Crippen molar-refractivity contribution in [2.75, 3.05) is 6.54 Å². The Morgan fingerprint density at radius 2 is 2.00 bits per heavy atom. The number of imide groups is 1. The number of hydrogen-bond acceptors (Lipinski definition) is 4. The van der Waals surface area contributed by atoms with Crippen molar-refractivity contribution in [3.8, 4) is 0 Å². The fraction of sp³-hybridized carbons (Fsp3) is 0.375. The number of carbonyl (C=O) groups excluding carboxylic acids is 2. The molecule has 0 unspecified atom stereocenters. The van der Waals surface area contributed by atoms with Gasteiger partial charge in [-0.1, -0.05) is 6.07 Å². The van der Waals surface area contributed by atoms with Gasteiger partial charge in [-0.05, 0) is 31.9 Å². The molecule has 1 saturated heterocycles. The molecule has 118 valence electrons. The van der Waals surface area contributed by atoms with Gasteiger partial charge in [-0.25, -0.2) is 9.78 Å². The molecule has 7 heteroatoms. The van der Waals surface area contributed by atoms with Gasteiger partial charge < -0.3 is 4.90 Å². The molecular weight excluding hydrogens is 296 g/mol. The van der Waals surface area contributed by atoms with E-state index < -0.39 is 0 Å². The minimum atomic E-state index is -0.274. The van der Waals surface area contributed by atoms with Gasteiger partial charge in [0.2, 0.25) is 0 Å². The number of fused-ring (bicyclic) bond motifs is 1. The van der Waals surface area contributed by atoms with Crippen LogP contribution in [0.25, 0.3) is 5.65 Å². The summed E-state index contributed by atoms with van der Waals surface area (Å²) in [7, 11) is 0. The molecule has 0 atom stereocenters. The molecule has 0 N–H and O–H groups in total. The summed E-state index contributed by atoms with van der Waals surface area (Å²) in [6, 6.07) is 6.71. The maximum absolute atomic E-state index is 12.3. The van der Waals surface area contributed by atoms with Crippen LogP contribution in [0.3, 0.4) is 0 Å². The van der Waals surface area contributed by atoms with E-state index in [0.29, 0.717) is 11.3 Å². The lowest BCUT2D eigenvalue weighted by Gasteiger charge is -2.16. The number of nitrogens with zero attached hydrogens (tertiary/aromatic N) is 4. The number of rotatable bonds is 3. The van der Waals surface area contributed by atoms with Crippen LogP contribution in [0.1, 0.15) is 24.2 Å². The Morgan fingerprint density at radius 3 is 2.74 bits per heavy atom. The van der Waals surface area contributed by atoms with Gasteiger partial charge in [-0.3, -0.25) is 18.9 Å². The van der Waals surface area contributed by atoms with Crippen molar-refractivity contribution in [2.24, 2.45) is 0 Å². The van der Waals surface area contributed by atoms with Crippen LogP contribution >= 0.6 is 0 Å². The van der Waals surface area contributed by atoms with E-state index in [-0.39, 0.29) is 36.6 Å². The third-order valence-corrected chi connectivity index (χ3v) is 4.32. The van der Waals surface area contributed by atoms with Gasteiger partial charge in [-0.2, -0.15) is 0 Å². The molecule has 23 heavy (non-hydrogen) atoms. The molecular formula is C16H16N4O3. The number of pyridine rings is 1. The molecule has 1 aliphatic heterocycles. The summed E-state index contributed by atoms with van der Waals surface area (Å²) in [5.41, 5.74) is 1.53. The van der Waals surface area contributed by atoms with Gasteiger partial charge in [-0.15, -0.1) is 0 Å². The predicted octanol–water partition coefficient (Wildman–Crippen LogP) is 0.930. The molecule has 2 aliphatic rings. The van der Waals surface area contributed by atoms with Crippen molar-refractivity contribution in [1.82, 2.24) is 19.2 Å². The first kappa shape index (κ1) is 13.9. The van der Waals surface area contributed by atoms with Crippen molar-refractivity contribution in [3.63, 3.8) is 0 Å². The minimum Gasteiger partial charge on any atom is -0.312 e. The Balaban J connectivity index is 1.66. The van der Waals surface area contributed by atoms with Gasteiger partial charge in [0.1, 0.15) is 12.2 Å². The maximum Gasteiger partial charge on any atom is 0.327 e. The zero-order valence-corrected chi connectivity index (χ0v) is 12.7. The van der Waals surface area contributed by atoms with Gasteiger partial charge in [0.05, 0.1) is 12.2 Å². The normalized spacial score (nSPS) is 18.3. The fourth-order valence-corrected chi connectivity index (χ4v) is 2.99. The van der Waals surface area contributed by atoms with Crippen LogP contribution in [-0.2, 0) is 11.3 Å². The van der Waals surface area contributed by atoms with Gasteiger partial charge in [0.25, 0.3) is 11.5 Å². The molecule has 4 rings (SSSR count). The summed E-state index contributed by atoms with van der Waals surface area (Å²) < 4.78 is 1.51. The second-order valence-electron chi connectivity index (χ2n) is 6.07. The van der Waals surface area contributed by atoms with Crippen molar-refractivity contribution in [2.45, 2.75) is 32.4 Å². The average molecular weight is 312 g/mol. The summed E-state index contributed by atoms with van der Waals surface area (Å²) in [6.07, 6.45) is 1.92. The van der Waals surface area contributed by atoms with Crippen molar-refractivity contribution in [1.29, 1.82) is 0 Å². The molecule has 2 aromatic rings. The van der Waals surface area contributed by atoms with E-state index in [0.717, 1.165) is 18.5 Å². The first-order valence-electron chi connectivity index (χ1n) is 7.64. The zero-order chi connectivity index (χ0) is 16.1. The number of amides is 3. The number of hydrogen-bond donors (Lipinski definition) is 0. The Bertz CT molecular complexity index is 885. The van der Waals surface area contributed by atoms with E-state index >= 15 is 0 Å². The molecule has 3 heterocycles. The lowest BCUT2D eigenvalue weighted by Crippen LogP contribution is -2.34. The van der Waals surface area contributed by atoms with Gasteiger partial charge in [0.15, 0.2) is 0 Å². The molecule has 1 aliphatic carbocycles. The topological polar surface area (TPSA) is 75.0 Å². The third-order valence-electron chi connectivity index (χ3n) is 4.32. The van der Waals surface area contributed by atoms with Crippen LogP contribution in [0.15, 0.2) is 29.1 Å². The SMILES string of the molecule is Cc1cccc2nc(CN3C(=O)CN(C4CC4)C3=O)cc(=O)n12. The van der Waals surface area contributed by atoms with E-state index in [1.807, 2.05) is 19.1 Å². The Morgan fingerprint density at radius 1 is 1.22 bits per heavy atom. The van der Waals surface area contributed by atoms with E-state index in [2.05, 4.69) is 4.98 Å². The second-order valence-corrected chi connectivity index (χ2v) is 6.07. The Labute approximate surface area is 132 Å². The van der Waals surface area contributed by atoms with Crippen LogP contribution in [0.2, 0.25) is 0 Å². The van der Waals surface area contributed by atoms with Gasteiger partial charge >= 0.3 is 6.03 Å². The zero-order valence-electron chi connectivity index (χ0n) is 12.7. The molecule has 1 saturated carbocycles. The second kappa shape index (κ2) is 4.91. The molecule has 0 aromatic carbocycles. The molecule has 2 fully saturated rings. The monoisotopic (exact) mass is 312 g/mol. The van der Waals surface area contributed by atoms with Crippen LogP contribution in [0.4, 0.5) is 4.79 Å². The van der Waals surface area contributed by atoms with Crippen LogP contribution in [0, 0.1) is 6.92 Å². The summed E-state index contributed by atoms with van der Waals surface area (Å²) in [6.45, 7) is 2.01. The molecule has 0 bridgehead atoms. The Hall–Kier alpha value is -2.70. The summed E-state index contributed by atoms with van der Waals surface area (Å²) in [4.78, 5) is 43.9. The molecule has 0 spiro atoms. The highest BCUT2D eigenvalue weighted by atomic mass is 16.2. The average Bonchev–Trinajstić information content (AvgIpc) is 3.30. The lowest BCUT2D eigenvalue weighted by molar-refractivity contribution is -0.125. The highest BCUT2D eigenvalue weighted by Crippen LogP contribution is 2.30. The summed E-state index contributed by atoms with van der Waals surface area (Å²) in [5.74, 6) is -0.229. The van der Waals surface area contributed by atoms with E-state index in [4.69, 9.17) is 0 Å². The minimum absolute atomic E-state index is 0.0422. The molecule has 3 amide bonds. The standard InChI is InChI=1S/C16H16N4O3/c1-10-3-2-4-13-17-11(7-14(21)20(10)13)8-19-15(22)9-18(16(19)23)12-5-6-12/h2-4,7,12H,5-6,8-9H2,1H3. The first-order chi connectivity index (χ1) is 11.0. The highest BCUT2D eigenvalue weighted by Gasteiger charge is 2.43. The highest BCUT2D eigenvalue weighted by molar-refractivity contribution is 6.02. The van der Waals surface area contributed by atoms with Crippen LogP contribution < -0.4 is 5.56 Å². The lowest BCUT2D eigenvalue weighted by atomic mass is 10.3. The summed E-state index contributed by atoms with van der Waals surface area (Å²) in [5, 5.41) is 0. The first-order valence-corrected chi connectivity index (χ1v) is 7.64. The summed E-state index contributed by atoms with van der Waals surface area (Å²) >= 11 is 0. The van der Waals surface area contributed by atoms with Crippen molar-refractivity contribution in [3.05, 3.63) is 46.0 Å². The number of aromatic nitrogens is 2. The number of urea groups is 1. The Kier molecular flexibility index (Phi) is 2.97. The predicted molar refractivity (Wildman–Crippen MR) is 81.9 cm³/mol. The maximum atomic E-state index is 12.3. The van der Waals surface area contributed by atoms with E-state index in [9.17, 15) is 14.4 Å². The molecule has 7 nitrogen and oxygen atoms in total. The quantitative estimate of drug-likeness (QED) is 0.790. The smallest absolute Gasteiger partial charge is 0.312 e. The molecule has 2 aromatic heterocycles. The van der Waals surface area contributed by atoms with Crippen molar-refractivity contribution >= 4 is 17.6 Å². The van der Waals surface area contributed by atoms with E-state index in [1.165, 1.54) is 15.4 Å². The third kappa shape index (κ3) is 2.28. The largest absolute Gasteiger partial charge is 0.327 e. The number of carbonyl (C=O) groups is 2. The van der Waals surface area contributed by atoms with Crippen LogP contribution in [-0.4, -0.2) is 43.7 Å². The van der Waals surface area contributed by atoms with Gasteiger partial charge in [0, 0.05) is 17.8 Å². The van der Waals surface area contributed by atoms with Crippen LogP contribution in [0.5, 0.6) is 0 Å². The van der Waals surface area contributed by atoms with E-state index in [1.54, 1.807) is 11.0 Å². The number of aryl methyl sites for hydroxylation is 1.